The number of ether oxygens (including phenoxy) is 1. The zero-order valence-corrected chi connectivity index (χ0v) is 26.0. The molecule has 3 aliphatic rings. The number of halogens is 3. The largest absolute Gasteiger partial charge is 3.00 e. The van der Waals surface area contributed by atoms with E-state index in [2.05, 4.69) is 45.7 Å². The van der Waals surface area contributed by atoms with Crippen LogP contribution in [0.5, 0.6) is 0 Å². The summed E-state index contributed by atoms with van der Waals surface area (Å²) < 4.78 is 6.63. The molecule has 0 aromatic carbocycles. The molecule has 3 rings (SSSR count). The van der Waals surface area contributed by atoms with Gasteiger partial charge in [0, 0.05) is 90.6 Å². The molecule has 0 aliphatic carbocycles. The minimum Gasteiger partial charge on any atom is -1.00 e. The van der Waals surface area contributed by atoms with Crippen LogP contribution in [0.1, 0.15) is 65.2 Å². The fourth-order valence-electron chi connectivity index (χ4n) is 4.70. The molecule has 7 nitrogen and oxygen atoms in total. The summed E-state index contributed by atoms with van der Waals surface area (Å²) in [6.45, 7) is 17.1. The van der Waals surface area contributed by atoms with E-state index in [9.17, 15) is 0 Å². The fraction of sp³-hybridized carbons (Fsp3) is 1.00. The average molecular weight is 620 g/mol. The molecule has 0 aromatic heterocycles. The Balaban J connectivity index is -0.00000272. The minimum absolute atomic E-state index is 0. The summed E-state index contributed by atoms with van der Waals surface area (Å²) >= 11 is 0. The van der Waals surface area contributed by atoms with Crippen molar-refractivity contribution in [2.24, 2.45) is 5.41 Å². The normalized spacial score (nSPS) is 26.2. The Morgan fingerprint density at radius 3 is 1.25 bits per heavy atom. The Morgan fingerprint density at radius 2 is 0.861 bits per heavy atom. The predicted octanol–water partition coefficient (Wildman–Crippen LogP) is -7.54. The Morgan fingerprint density at radius 1 is 0.528 bits per heavy atom. The molecule has 0 unspecified atom stereocenters. The minimum atomic E-state index is -0.204. The van der Waals surface area contributed by atoms with Crippen LogP contribution in [0, 0.1) is 5.41 Å². The first-order valence-electron chi connectivity index (χ1n) is 13.6. The van der Waals surface area contributed by atoms with Crippen LogP contribution in [0.15, 0.2) is 0 Å². The molecule has 2 bridgehead atoms. The van der Waals surface area contributed by atoms with Gasteiger partial charge in [-0.2, -0.15) is 0 Å². The van der Waals surface area contributed by atoms with Gasteiger partial charge in [0.15, 0.2) is 0 Å². The molecule has 3 fully saturated rings. The molecule has 3 aliphatic heterocycles. The molecule has 6 N–H and O–H groups in total. The number of fused-ring (bicyclic) bond motifs is 15. The SMILES string of the molecule is CCCCCCCCCCOC12CNCCNCC(C)(CNCCNC1)CNCCNC2.[Cl-].[Cl-].[Cl-].[Co+3]. The van der Waals surface area contributed by atoms with E-state index in [0.717, 1.165) is 85.1 Å². The second-order valence-electron chi connectivity index (χ2n) is 10.4. The van der Waals surface area contributed by atoms with Gasteiger partial charge >= 0.3 is 16.8 Å². The summed E-state index contributed by atoms with van der Waals surface area (Å²) in [6, 6.07) is 0. The molecule has 220 valence electrons. The van der Waals surface area contributed by atoms with E-state index in [1.165, 1.54) is 51.4 Å². The van der Waals surface area contributed by atoms with Crippen molar-refractivity contribution in [2.75, 3.05) is 85.1 Å². The molecule has 0 saturated carbocycles. The van der Waals surface area contributed by atoms with Crippen molar-refractivity contribution in [3.8, 4) is 0 Å². The first-order valence-corrected chi connectivity index (χ1v) is 13.6. The van der Waals surface area contributed by atoms with Crippen molar-refractivity contribution in [2.45, 2.75) is 70.8 Å². The number of hydrogen-bond donors (Lipinski definition) is 6. The van der Waals surface area contributed by atoms with E-state index in [-0.39, 0.29) is 65.0 Å². The first kappa shape index (κ1) is 41.6. The zero-order valence-electron chi connectivity index (χ0n) is 22.7. The quantitative estimate of drug-likeness (QED) is 0.136. The Hall–Kier alpha value is 1.10. The maximum Gasteiger partial charge on any atom is 3.00 e. The summed E-state index contributed by atoms with van der Waals surface area (Å²) in [5.41, 5.74) is 0.0149. The number of nitrogens with one attached hydrogen (secondary N) is 6. The molecule has 0 atom stereocenters. The van der Waals surface area contributed by atoms with Gasteiger partial charge < -0.3 is 73.9 Å². The van der Waals surface area contributed by atoms with Gasteiger partial charge in [0.2, 0.25) is 0 Å². The van der Waals surface area contributed by atoms with Crippen LogP contribution in [0.25, 0.3) is 0 Å². The molecule has 11 heteroatoms. The Bertz CT molecular complexity index is 428. The van der Waals surface area contributed by atoms with E-state index < -0.39 is 0 Å². The summed E-state index contributed by atoms with van der Waals surface area (Å²) in [4.78, 5) is 0. The van der Waals surface area contributed by atoms with Crippen molar-refractivity contribution in [3.63, 3.8) is 0 Å². The van der Waals surface area contributed by atoms with Gasteiger partial charge in [-0.1, -0.05) is 58.8 Å². The predicted molar refractivity (Wildman–Crippen MR) is 137 cm³/mol. The van der Waals surface area contributed by atoms with Gasteiger partial charge in [-0.25, -0.2) is 0 Å². The second-order valence-corrected chi connectivity index (χ2v) is 10.4. The summed E-state index contributed by atoms with van der Waals surface area (Å²) in [5, 5.41) is 22.1. The van der Waals surface area contributed by atoms with Crippen LogP contribution < -0.4 is 69.1 Å². The van der Waals surface area contributed by atoms with E-state index in [0.29, 0.717) is 0 Å². The number of unbranched alkanes of at least 4 members (excludes halogenated alkanes) is 7. The van der Waals surface area contributed by atoms with E-state index >= 15 is 0 Å². The zero-order chi connectivity index (χ0) is 22.8. The summed E-state index contributed by atoms with van der Waals surface area (Å²) in [6.07, 6.45) is 10.7. The van der Waals surface area contributed by atoms with Gasteiger partial charge in [-0.3, -0.25) is 0 Å². The van der Waals surface area contributed by atoms with E-state index in [4.69, 9.17) is 4.74 Å². The van der Waals surface area contributed by atoms with Gasteiger partial charge in [-0.05, 0) is 6.42 Å². The molecular formula is C25H54Cl3CoN6O. The summed E-state index contributed by atoms with van der Waals surface area (Å²) in [7, 11) is 0. The Labute approximate surface area is 251 Å². The van der Waals surface area contributed by atoms with Crippen LogP contribution >= 0.6 is 0 Å². The van der Waals surface area contributed by atoms with Crippen molar-refractivity contribution >= 4 is 0 Å². The molecule has 0 amide bonds. The van der Waals surface area contributed by atoms with Crippen molar-refractivity contribution in [3.05, 3.63) is 0 Å². The topological polar surface area (TPSA) is 81.4 Å². The first-order chi connectivity index (χ1) is 15.7. The van der Waals surface area contributed by atoms with Crippen molar-refractivity contribution in [1.82, 2.24) is 31.9 Å². The van der Waals surface area contributed by atoms with Gasteiger partial charge in [0.05, 0.1) is 0 Å². The number of hydrogen-bond acceptors (Lipinski definition) is 7. The van der Waals surface area contributed by atoms with Crippen LogP contribution in [0.3, 0.4) is 0 Å². The third-order valence-electron chi connectivity index (χ3n) is 6.84. The third-order valence-corrected chi connectivity index (χ3v) is 6.84. The molecule has 3 heterocycles. The molecule has 0 spiro atoms. The fourth-order valence-corrected chi connectivity index (χ4v) is 4.70. The van der Waals surface area contributed by atoms with Crippen LogP contribution in [0.4, 0.5) is 0 Å². The maximum atomic E-state index is 6.63. The second kappa shape index (κ2) is 26.3. The van der Waals surface area contributed by atoms with E-state index in [1.807, 2.05) is 0 Å². The third kappa shape index (κ3) is 19.2. The molecular weight excluding hydrogens is 566 g/mol. The molecule has 3 saturated heterocycles. The van der Waals surface area contributed by atoms with Crippen LogP contribution in [0.2, 0.25) is 0 Å². The van der Waals surface area contributed by atoms with Crippen LogP contribution in [-0.4, -0.2) is 90.7 Å². The average Bonchev–Trinajstić information content (AvgIpc) is 2.79. The van der Waals surface area contributed by atoms with Gasteiger partial charge in [0.25, 0.3) is 0 Å². The smallest absolute Gasteiger partial charge is 1.00 e. The van der Waals surface area contributed by atoms with Crippen LogP contribution in [-0.2, 0) is 21.5 Å². The van der Waals surface area contributed by atoms with Crippen molar-refractivity contribution in [1.29, 1.82) is 0 Å². The molecule has 0 radical (unpaired) electrons. The molecule has 36 heavy (non-hydrogen) atoms. The van der Waals surface area contributed by atoms with Gasteiger partial charge in [-0.15, -0.1) is 0 Å². The monoisotopic (exact) mass is 618 g/mol. The standard InChI is InChI=1S/C25H54N6O.3ClH.Co/c1-3-4-5-6-7-8-9-10-17-32-25-21-29-14-11-26-18-24(2,19-27-12-15-30-22-25)20-28-13-16-31-23-25;;;;/h26-31H,3-23H2,1-2H3;3*1H;/q;;;;+3/p-3. The number of rotatable bonds is 10. The van der Waals surface area contributed by atoms with E-state index in [1.54, 1.807) is 0 Å². The Kier molecular flexibility index (Phi) is 30.4. The summed E-state index contributed by atoms with van der Waals surface area (Å²) in [5.74, 6) is 0. The maximum absolute atomic E-state index is 6.63. The van der Waals surface area contributed by atoms with Gasteiger partial charge in [0.1, 0.15) is 5.60 Å². The molecule has 0 aromatic rings. The van der Waals surface area contributed by atoms with Crippen molar-refractivity contribution < 1.29 is 58.7 Å².